The predicted molar refractivity (Wildman–Crippen MR) is 126 cm³/mol. The molecule has 0 radical (unpaired) electrons. The van der Waals surface area contributed by atoms with Crippen LogP contribution in [-0.4, -0.2) is 51.4 Å². The maximum absolute atomic E-state index is 13.4. The molecule has 7 nitrogen and oxygen atoms in total. The SMILES string of the molecule is C=CCN(c1ccc(Cl)cc1)S(=O)(=O)c1cc(C(=O)OCC(=O)N(CC)CC)ccc1Cl. The molecule has 2 aromatic carbocycles. The van der Waals surface area contributed by atoms with Crippen molar-refractivity contribution < 1.29 is 22.7 Å². The monoisotopic (exact) mass is 498 g/mol. The Morgan fingerprint density at radius 1 is 1.06 bits per heavy atom. The summed E-state index contributed by atoms with van der Waals surface area (Å²) in [5.74, 6) is -1.18. The van der Waals surface area contributed by atoms with Gasteiger partial charge in [0.05, 0.1) is 22.8 Å². The van der Waals surface area contributed by atoms with Gasteiger partial charge in [0.1, 0.15) is 4.90 Å². The molecule has 0 saturated heterocycles. The van der Waals surface area contributed by atoms with Crippen molar-refractivity contribution in [1.29, 1.82) is 0 Å². The van der Waals surface area contributed by atoms with Crippen molar-refractivity contribution in [3.8, 4) is 0 Å². The molecule has 0 fully saturated rings. The van der Waals surface area contributed by atoms with E-state index in [4.69, 9.17) is 27.9 Å². The Labute approximate surface area is 198 Å². The molecule has 0 aliphatic rings. The van der Waals surface area contributed by atoms with Crippen LogP contribution in [0.15, 0.2) is 60.0 Å². The number of anilines is 1. The Morgan fingerprint density at radius 2 is 1.69 bits per heavy atom. The van der Waals surface area contributed by atoms with Gasteiger partial charge in [-0.2, -0.15) is 0 Å². The van der Waals surface area contributed by atoms with E-state index < -0.39 is 22.6 Å². The van der Waals surface area contributed by atoms with Crippen molar-refractivity contribution in [1.82, 2.24) is 4.90 Å². The van der Waals surface area contributed by atoms with Crippen LogP contribution in [0.3, 0.4) is 0 Å². The number of carbonyl (C=O) groups is 2. The molecule has 0 heterocycles. The maximum atomic E-state index is 13.4. The summed E-state index contributed by atoms with van der Waals surface area (Å²) in [6.45, 7) is 7.73. The number of amides is 1. The average Bonchev–Trinajstić information content (AvgIpc) is 2.77. The molecule has 0 atom stereocenters. The van der Waals surface area contributed by atoms with E-state index in [1.54, 1.807) is 24.3 Å². The van der Waals surface area contributed by atoms with E-state index in [0.29, 0.717) is 23.8 Å². The van der Waals surface area contributed by atoms with Crippen LogP contribution in [-0.2, 0) is 19.6 Å². The fourth-order valence-electron chi connectivity index (χ4n) is 2.89. The summed E-state index contributed by atoms with van der Waals surface area (Å²) < 4.78 is 32.9. The molecule has 10 heteroatoms. The number of carbonyl (C=O) groups excluding carboxylic acids is 2. The molecule has 0 bridgehead atoms. The first-order valence-corrected chi connectivity index (χ1v) is 12.0. The fraction of sp³-hybridized carbons (Fsp3) is 0.273. The normalized spacial score (nSPS) is 11.0. The number of benzene rings is 2. The summed E-state index contributed by atoms with van der Waals surface area (Å²) in [4.78, 5) is 25.8. The van der Waals surface area contributed by atoms with Crippen LogP contribution in [0.4, 0.5) is 5.69 Å². The Hall–Kier alpha value is -2.55. The Morgan fingerprint density at radius 3 is 2.25 bits per heavy atom. The smallest absolute Gasteiger partial charge is 0.338 e. The van der Waals surface area contributed by atoms with Crippen molar-refractivity contribution in [3.63, 3.8) is 0 Å². The second-order valence-corrected chi connectivity index (χ2v) is 9.26. The Bertz CT molecular complexity index is 1080. The van der Waals surface area contributed by atoms with E-state index in [9.17, 15) is 18.0 Å². The number of ether oxygens (including phenoxy) is 1. The molecule has 0 spiro atoms. The lowest BCUT2D eigenvalue weighted by atomic mass is 10.2. The Kier molecular flexibility index (Phi) is 9.12. The molecule has 32 heavy (non-hydrogen) atoms. The second-order valence-electron chi connectivity index (χ2n) is 6.59. The van der Waals surface area contributed by atoms with Crippen LogP contribution in [0.25, 0.3) is 0 Å². The van der Waals surface area contributed by atoms with Gasteiger partial charge in [0.2, 0.25) is 0 Å². The van der Waals surface area contributed by atoms with E-state index in [-0.39, 0.29) is 27.9 Å². The second kappa shape index (κ2) is 11.4. The third-order valence-corrected chi connectivity index (χ3v) is 7.11. The van der Waals surface area contributed by atoms with Crippen LogP contribution >= 0.6 is 23.2 Å². The molecule has 172 valence electrons. The van der Waals surface area contributed by atoms with E-state index in [1.807, 2.05) is 13.8 Å². The topological polar surface area (TPSA) is 84.0 Å². The van der Waals surface area contributed by atoms with Crippen LogP contribution in [0.1, 0.15) is 24.2 Å². The lowest BCUT2D eigenvalue weighted by Gasteiger charge is -2.24. The van der Waals surface area contributed by atoms with E-state index in [2.05, 4.69) is 6.58 Å². The standard InChI is InChI=1S/C22H24Cl2N2O5S/c1-4-13-26(18-10-8-17(23)9-11-18)32(29,30)20-14-16(7-12-19(20)24)22(28)31-15-21(27)25(5-2)6-3/h4,7-12,14H,1,5-6,13,15H2,2-3H3. The highest BCUT2D eigenvalue weighted by molar-refractivity contribution is 7.93. The van der Waals surface area contributed by atoms with Crippen molar-refractivity contribution in [2.75, 3.05) is 30.5 Å². The molecule has 0 aliphatic heterocycles. The van der Waals surface area contributed by atoms with Gasteiger partial charge in [-0.05, 0) is 56.3 Å². The number of halogens is 2. The first-order chi connectivity index (χ1) is 15.1. The van der Waals surface area contributed by atoms with Gasteiger partial charge in [-0.3, -0.25) is 9.10 Å². The fourth-order valence-corrected chi connectivity index (χ4v) is 4.96. The molecule has 2 rings (SSSR count). The lowest BCUT2D eigenvalue weighted by molar-refractivity contribution is -0.134. The van der Waals surface area contributed by atoms with Crippen molar-refractivity contribution in [2.24, 2.45) is 0 Å². The van der Waals surface area contributed by atoms with Gasteiger partial charge in [0, 0.05) is 18.1 Å². The van der Waals surface area contributed by atoms with Crippen LogP contribution < -0.4 is 4.31 Å². The summed E-state index contributed by atoms with van der Waals surface area (Å²) in [5, 5.41) is 0.385. The molecule has 0 aromatic heterocycles. The summed E-state index contributed by atoms with van der Waals surface area (Å²) in [7, 11) is -4.16. The highest BCUT2D eigenvalue weighted by atomic mass is 35.5. The third-order valence-electron chi connectivity index (χ3n) is 4.59. The molecule has 2 aromatic rings. The zero-order valence-electron chi connectivity index (χ0n) is 17.8. The van der Waals surface area contributed by atoms with Gasteiger partial charge in [-0.1, -0.05) is 29.3 Å². The number of hydrogen-bond donors (Lipinski definition) is 0. The molecule has 0 saturated carbocycles. The molecule has 0 aliphatic carbocycles. The molecule has 0 N–H and O–H groups in total. The quantitative estimate of drug-likeness (QED) is 0.358. The highest BCUT2D eigenvalue weighted by Gasteiger charge is 2.28. The minimum Gasteiger partial charge on any atom is -0.452 e. The van der Waals surface area contributed by atoms with Crippen molar-refractivity contribution in [2.45, 2.75) is 18.7 Å². The van der Waals surface area contributed by atoms with E-state index >= 15 is 0 Å². The van der Waals surface area contributed by atoms with Crippen LogP contribution in [0.5, 0.6) is 0 Å². The number of nitrogens with zero attached hydrogens (tertiary/aromatic N) is 2. The summed E-state index contributed by atoms with van der Waals surface area (Å²) in [6.07, 6.45) is 1.43. The predicted octanol–water partition coefficient (Wildman–Crippen LogP) is 4.40. The van der Waals surface area contributed by atoms with Crippen LogP contribution in [0.2, 0.25) is 10.0 Å². The summed E-state index contributed by atoms with van der Waals surface area (Å²) >= 11 is 12.1. The minimum atomic E-state index is -4.16. The number of rotatable bonds is 10. The summed E-state index contributed by atoms with van der Waals surface area (Å²) in [6, 6.07) is 9.99. The summed E-state index contributed by atoms with van der Waals surface area (Å²) in [5.41, 5.74) is 0.304. The zero-order valence-corrected chi connectivity index (χ0v) is 20.1. The van der Waals surface area contributed by atoms with Gasteiger partial charge >= 0.3 is 5.97 Å². The minimum absolute atomic E-state index is 0.0344. The largest absolute Gasteiger partial charge is 0.452 e. The average molecular weight is 499 g/mol. The van der Waals surface area contributed by atoms with Gasteiger partial charge in [0.15, 0.2) is 6.61 Å². The molecular formula is C22H24Cl2N2O5S. The molecular weight excluding hydrogens is 475 g/mol. The number of esters is 1. The first kappa shape index (κ1) is 25.7. The van der Waals surface area contributed by atoms with E-state index in [1.165, 1.54) is 23.1 Å². The Balaban J connectivity index is 2.35. The zero-order chi connectivity index (χ0) is 23.9. The van der Waals surface area contributed by atoms with E-state index in [0.717, 1.165) is 10.4 Å². The van der Waals surface area contributed by atoms with Gasteiger partial charge in [-0.15, -0.1) is 6.58 Å². The first-order valence-electron chi connectivity index (χ1n) is 9.79. The molecule has 1 amide bonds. The van der Waals surface area contributed by atoms with Crippen molar-refractivity contribution in [3.05, 3.63) is 70.7 Å². The van der Waals surface area contributed by atoms with Gasteiger partial charge in [-0.25, -0.2) is 13.2 Å². The molecule has 0 unspecified atom stereocenters. The van der Waals surface area contributed by atoms with Gasteiger partial charge in [0.25, 0.3) is 15.9 Å². The maximum Gasteiger partial charge on any atom is 0.338 e. The van der Waals surface area contributed by atoms with Gasteiger partial charge < -0.3 is 9.64 Å². The van der Waals surface area contributed by atoms with Crippen molar-refractivity contribution >= 4 is 50.8 Å². The number of sulfonamides is 1. The number of hydrogen-bond acceptors (Lipinski definition) is 5. The number of likely N-dealkylation sites (N-methyl/N-ethyl adjacent to an activating group) is 1. The van der Waals surface area contributed by atoms with Crippen LogP contribution in [0, 0.1) is 0 Å². The lowest BCUT2D eigenvalue weighted by Crippen LogP contribution is -2.34. The third kappa shape index (κ3) is 6.03. The highest BCUT2D eigenvalue weighted by Crippen LogP contribution is 2.30.